The third-order valence-electron chi connectivity index (χ3n) is 3.28. The minimum atomic E-state index is -4.25. The lowest BCUT2D eigenvalue weighted by atomic mass is 10.1. The number of halogens is 3. The summed E-state index contributed by atoms with van der Waals surface area (Å²) in [5, 5.41) is 3.22. The Morgan fingerprint density at radius 3 is 2.67 bits per heavy atom. The minimum Gasteiger partial charge on any atom is -0.339 e. The Bertz CT molecular complexity index is 348. The lowest BCUT2D eigenvalue weighted by molar-refractivity contribution is -0.132. The lowest BCUT2D eigenvalue weighted by Crippen LogP contribution is -2.38. The highest BCUT2D eigenvalue weighted by Gasteiger charge is 2.35. The lowest BCUT2D eigenvalue weighted by Gasteiger charge is -2.27. The highest BCUT2D eigenvalue weighted by molar-refractivity contribution is 5.76. The quantitative estimate of drug-likeness (QED) is 0.784. The number of alkyl halides is 3. The molecule has 1 aliphatic carbocycles. The molecular weight excluding hydrogens is 245 g/mol. The number of nitrogens with zero attached hydrogens (tertiary/aromatic N) is 1. The van der Waals surface area contributed by atoms with Gasteiger partial charge in [-0.2, -0.15) is 13.2 Å². The van der Waals surface area contributed by atoms with Crippen molar-refractivity contribution in [1.82, 2.24) is 10.2 Å². The van der Waals surface area contributed by atoms with Crippen LogP contribution in [0.25, 0.3) is 0 Å². The van der Waals surface area contributed by atoms with Gasteiger partial charge >= 0.3 is 6.18 Å². The molecule has 2 aliphatic rings. The van der Waals surface area contributed by atoms with Gasteiger partial charge in [-0.25, -0.2) is 0 Å². The summed E-state index contributed by atoms with van der Waals surface area (Å²) in [7, 11) is 0. The van der Waals surface area contributed by atoms with Gasteiger partial charge < -0.3 is 10.2 Å². The molecule has 1 fully saturated rings. The summed E-state index contributed by atoms with van der Waals surface area (Å²) in [6.45, 7) is 0.876. The van der Waals surface area contributed by atoms with E-state index in [1.54, 1.807) is 0 Å². The van der Waals surface area contributed by atoms with Crippen molar-refractivity contribution in [1.29, 1.82) is 0 Å². The summed E-state index contributed by atoms with van der Waals surface area (Å²) in [4.78, 5) is 13.2. The van der Waals surface area contributed by atoms with Crippen LogP contribution in [0.4, 0.5) is 13.2 Å². The summed E-state index contributed by atoms with van der Waals surface area (Å²) in [5.41, 5.74) is -0.511. The van der Waals surface area contributed by atoms with E-state index < -0.39 is 11.7 Å². The van der Waals surface area contributed by atoms with E-state index in [0.29, 0.717) is 19.0 Å². The van der Waals surface area contributed by atoms with Crippen LogP contribution in [-0.2, 0) is 4.79 Å². The van der Waals surface area contributed by atoms with Crippen LogP contribution < -0.4 is 5.32 Å². The van der Waals surface area contributed by atoms with Gasteiger partial charge in [-0.05, 0) is 19.3 Å². The maximum atomic E-state index is 12.4. The fourth-order valence-electron chi connectivity index (χ4n) is 1.98. The minimum absolute atomic E-state index is 0.0689. The molecule has 18 heavy (non-hydrogen) atoms. The first-order chi connectivity index (χ1) is 8.47. The van der Waals surface area contributed by atoms with E-state index in [9.17, 15) is 18.0 Å². The van der Waals surface area contributed by atoms with Gasteiger partial charge in [0, 0.05) is 37.7 Å². The fourth-order valence-corrected chi connectivity index (χ4v) is 1.98. The van der Waals surface area contributed by atoms with Gasteiger partial charge in [0.25, 0.3) is 0 Å². The highest BCUT2D eigenvalue weighted by Crippen LogP contribution is 2.30. The normalized spacial score (nSPS) is 20.8. The molecule has 0 atom stereocenters. The van der Waals surface area contributed by atoms with Crippen molar-refractivity contribution in [2.75, 3.05) is 19.6 Å². The molecule has 0 aromatic carbocycles. The fraction of sp³-hybridized carbons (Fsp3) is 0.750. The van der Waals surface area contributed by atoms with Gasteiger partial charge in [-0.1, -0.05) is 6.08 Å². The molecule has 1 N–H and O–H groups in total. The SMILES string of the molecule is O=C(CCNC1CC1)N1CC=C(C(F)(F)F)CC1. The first-order valence-electron chi connectivity index (χ1n) is 6.24. The largest absolute Gasteiger partial charge is 0.412 e. The van der Waals surface area contributed by atoms with Crippen LogP contribution in [0.3, 0.4) is 0 Å². The third kappa shape index (κ3) is 3.73. The summed E-state index contributed by atoms with van der Waals surface area (Å²) >= 11 is 0. The molecule has 0 spiro atoms. The Labute approximate surface area is 104 Å². The van der Waals surface area contributed by atoms with Crippen LogP contribution in [0, 0.1) is 0 Å². The molecule has 0 unspecified atom stereocenters. The predicted molar refractivity (Wildman–Crippen MR) is 61.0 cm³/mol. The highest BCUT2D eigenvalue weighted by atomic mass is 19.4. The number of carbonyl (C=O) groups excluding carboxylic acids is 1. The van der Waals surface area contributed by atoms with Gasteiger partial charge in [0.05, 0.1) is 0 Å². The molecule has 1 heterocycles. The maximum absolute atomic E-state index is 12.4. The van der Waals surface area contributed by atoms with Crippen LogP contribution in [0.2, 0.25) is 0 Å². The van der Waals surface area contributed by atoms with Crippen LogP contribution in [0.15, 0.2) is 11.6 Å². The molecular formula is C12H17F3N2O. The van der Waals surface area contributed by atoms with Crippen molar-refractivity contribution in [2.24, 2.45) is 0 Å². The zero-order valence-corrected chi connectivity index (χ0v) is 10.1. The monoisotopic (exact) mass is 262 g/mol. The van der Waals surface area contributed by atoms with Crippen molar-refractivity contribution in [3.8, 4) is 0 Å². The molecule has 0 aromatic rings. The number of amides is 1. The standard InChI is InChI=1S/C12H17F3N2O/c13-12(14,15)9-4-7-17(8-5-9)11(18)3-6-16-10-1-2-10/h4,10,16H,1-3,5-8H2. The molecule has 102 valence electrons. The van der Waals surface area contributed by atoms with Crippen LogP contribution >= 0.6 is 0 Å². The van der Waals surface area contributed by atoms with Crippen molar-refractivity contribution in [2.45, 2.75) is 37.9 Å². The van der Waals surface area contributed by atoms with Crippen LogP contribution in [0.1, 0.15) is 25.7 Å². The zero-order valence-electron chi connectivity index (χ0n) is 10.1. The predicted octanol–water partition coefficient (Wildman–Crippen LogP) is 1.85. The Kier molecular flexibility index (Phi) is 3.94. The Hall–Kier alpha value is -1.04. The van der Waals surface area contributed by atoms with E-state index >= 15 is 0 Å². The molecule has 6 heteroatoms. The summed E-state index contributed by atoms with van der Waals surface area (Å²) in [6.07, 6.45) is -0.527. The van der Waals surface area contributed by atoms with Gasteiger partial charge in [-0.3, -0.25) is 4.79 Å². The molecule has 1 aliphatic heterocycles. The molecule has 0 bridgehead atoms. The summed E-state index contributed by atoms with van der Waals surface area (Å²) < 4.78 is 37.2. The van der Waals surface area contributed by atoms with Gasteiger partial charge in [-0.15, -0.1) is 0 Å². The average molecular weight is 262 g/mol. The van der Waals surface area contributed by atoms with Crippen LogP contribution in [0.5, 0.6) is 0 Å². The van der Waals surface area contributed by atoms with Gasteiger partial charge in [0.2, 0.25) is 5.91 Å². The molecule has 0 radical (unpaired) electrons. The zero-order chi connectivity index (χ0) is 13.2. The molecule has 0 saturated heterocycles. The van der Waals surface area contributed by atoms with Gasteiger partial charge in [0.1, 0.15) is 0 Å². The van der Waals surface area contributed by atoms with E-state index in [0.717, 1.165) is 18.9 Å². The molecule has 0 aromatic heterocycles. The summed E-state index contributed by atoms with van der Waals surface area (Å²) in [6, 6.07) is 0.552. The summed E-state index contributed by atoms with van der Waals surface area (Å²) in [5.74, 6) is -0.0689. The van der Waals surface area contributed by atoms with E-state index in [1.807, 2.05) is 0 Å². The Balaban J connectivity index is 1.74. The van der Waals surface area contributed by atoms with E-state index in [2.05, 4.69) is 5.32 Å². The number of nitrogens with one attached hydrogen (secondary N) is 1. The van der Waals surface area contributed by atoms with Crippen molar-refractivity contribution in [3.05, 3.63) is 11.6 Å². The number of hydrogen-bond donors (Lipinski definition) is 1. The second kappa shape index (κ2) is 5.30. The first kappa shape index (κ1) is 13.4. The second-order valence-electron chi connectivity index (χ2n) is 4.80. The van der Waals surface area contributed by atoms with E-state index in [4.69, 9.17) is 0 Å². The van der Waals surface area contributed by atoms with E-state index in [-0.39, 0.29) is 25.4 Å². The number of hydrogen-bond acceptors (Lipinski definition) is 2. The number of carbonyl (C=O) groups is 1. The first-order valence-corrected chi connectivity index (χ1v) is 6.24. The van der Waals surface area contributed by atoms with Crippen molar-refractivity contribution < 1.29 is 18.0 Å². The molecule has 2 rings (SSSR count). The molecule has 3 nitrogen and oxygen atoms in total. The Morgan fingerprint density at radius 2 is 2.17 bits per heavy atom. The molecule has 1 saturated carbocycles. The maximum Gasteiger partial charge on any atom is 0.412 e. The second-order valence-corrected chi connectivity index (χ2v) is 4.80. The smallest absolute Gasteiger partial charge is 0.339 e. The van der Waals surface area contributed by atoms with Gasteiger partial charge in [0.15, 0.2) is 0 Å². The van der Waals surface area contributed by atoms with E-state index in [1.165, 1.54) is 4.90 Å². The third-order valence-corrected chi connectivity index (χ3v) is 3.28. The number of rotatable bonds is 4. The van der Waals surface area contributed by atoms with Crippen molar-refractivity contribution >= 4 is 5.91 Å². The Morgan fingerprint density at radius 1 is 1.44 bits per heavy atom. The molecule has 1 amide bonds. The van der Waals surface area contributed by atoms with Crippen molar-refractivity contribution in [3.63, 3.8) is 0 Å². The average Bonchev–Trinajstić information content (AvgIpc) is 3.12. The van der Waals surface area contributed by atoms with Crippen LogP contribution in [-0.4, -0.2) is 42.7 Å². The topological polar surface area (TPSA) is 32.3 Å².